The molecule has 1 aliphatic rings. The summed E-state index contributed by atoms with van der Waals surface area (Å²) >= 11 is 0. The number of nitrogens with two attached hydrogens (primary N) is 1. The van der Waals surface area contributed by atoms with E-state index >= 15 is 0 Å². The first-order chi connectivity index (χ1) is 8.61. The second-order valence-corrected chi connectivity index (χ2v) is 5.80. The Balaban J connectivity index is 2.09. The Labute approximate surface area is 111 Å². The van der Waals surface area contributed by atoms with Crippen LogP contribution in [-0.4, -0.2) is 12.6 Å². The average Bonchev–Trinajstić information content (AvgIpc) is 3.19. The molecule has 0 saturated heterocycles. The third-order valence-electron chi connectivity index (χ3n) is 3.87. The van der Waals surface area contributed by atoms with Gasteiger partial charge < -0.3 is 10.6 Å². The molecule has 1 fully saturated rings. The third-order valence-corrected chi connectivity index (χ3v) is 3.87. The zero-order valence-corrected chi connectivity index (χ0v) is 11.9. The summed E-state index contributed by atoms with van der Waals surface area (Å²) in [6.45, 7) is 7.88. The minimum absolute atomic E-state index is 0.176. The fourth-order valence-electron chi connectivity index (χ4n) is 2.34. The first-order valence-electron chi connectivity index (χ1n) is 7.24. The molecule has 1 aliphatic carbocycles. The summed E-state index contributed by atoms with van der Waals surface area (Å²) in [5.74, 6) is 0.921. The summed E-state index contributed by atoms with van der Waals surface area (Å²) < 4.78 is 0. The minimum Gasteiger partial charge on any atom is -0.369 e. The van der Waals surface area contributed by atoms with Crippen molar-refractivity contribution in [1.29, 1.82) is 0 Å². The maximum atomic E-state index is 6.06. The van der Waals surface area contributed by atoms with Gasteiger partial charge in [-0.3, -0.25) is 0 Å². The van der Waals surface area contributed by atoms with Crippen molar-refractivity contribution in [2.45, 2.75) is 52.1 Å². The molecule has 0 amide bonds. The standard InChI is InChI=1S/C16H26N2/c1-4-16(17)14-7-9-15(10-8-14)18(12(2)3)11-13-5-6-13/h7-10,12-13,16H,4-6,11,17H2,1-3H3/t16-/m0/s1. The van der Waals surface area contributed by atoms with E-state index in [9.17, 15) is 0 Å². The zero-order chi connectivity index (χ0) is 13.1. The SMILES string of the molecule is CC[C@H](N)c1ccc(N(CC2CC2)C(C)C)cc1. The van der Waals surface area contributed by atoms with Gasteiger partial charge in [0, 0.05) is 24.3 Å². The third kappa shape index (κ3) is 3.26. The molecule has 0 aromatic heterocycles. The van der Waals surface area contributed by atoms with Gasteiger partial charge in [-0.05, 0) is 56.7 Å². The molecular formula is C16H26N2. The Kier molecular flexibility index (Phi) is 4.28. The van der Waals surface area contributed by atoms with Crippen molar-refractivity contribution in [2.24, 2.45) is 11.7 Å². The summed E-state index contributed by atoms with van der Waals surface area (Å²) in [5.41, 5.74) is 8.64. The summed E-state index contributed by atoms with van der Waals surface area (Å²) in [7, 11) is 0. The second kappa shape index (κ2) is 5.75. The number of rotatable bonds is 6. The topological polar surface area (TPSA) is 29.3 Å². The fraction of sp³-hybridized carbons (Fsp3) is 0.625. The molecule has 18 heavy (non-hydrogen) atoms. The van der Waals surface area contributed by atoms with Crippen molar-refractivity contribution >= 4 is 5.69 Å². The first-order valence-corrected chi connectivity index (χ1v) is 7.24. The van der Waals surface area contributed by atoms with Gasteiger partial charge in [-0.2, -0.15) is 0 Å². The predicted molar refractivity (Wildman–Crippen MR) is 78.9 cm³/mol. The Morgan fingerprint density at radius 1 is 1.22 bits per heavy atom. The number of hydrogen-bond donors (Lipinski definition) is 1. The summed E-state index contributed by atoms with van der Waals surface area (Å²) in [4.78, 5) is 2.51. The number of anilines is 1. The Morgan fingerprint density at radius 2 is 1.83 bits per heavy atom. The molecule has 1 aromatic rings. The van der Waals surface area contributed by atoms with E-state index in [2.05, 4.69) is 49.9 Å². The largest absolute Gasteiger partial charge is 0.369 e. The van der Waals surface area contributed by atoms with Crippen LogP contribution in [0, 0.1) is 5.92 Å². The molecular weight excluding hydrogens is 220 g/mol. The maximum absolute atomic E-state index is 6.06. The van der Waals surface area contributed by atoms with Crippen molar-refractivity contribution in [1.82, 2.24) is 0 Å². The molecule has 2 heteroatoms. The number of benzene rings is 1. The highest BCUT2D eigenvalue weighted by atomic mass is 15.2. The highest BCUT2D eigenvalue weighted by Crippen LogP contribution is 2.32. The maximum Gasteiger partial charge on any atom is 0.0368 e. The smallest absolute Gasteiger partial charge is 0.0368 e. The molecule has 0 spiro atoms. The second-order valence-electron chi connectivity index (χ2n) is 5.80. The molecule has 1 aromatic carbocycles. The lowest BCUT2D eigenvalue weighted by molar-refractivity contribution is 0.644. The minimum atomic E-state index is 0.176. The highest BCUT2D eigenvalue weighted by Gasteiger charge is 2.25. The van der Waals surface area contributed by atoms with Gasteiger partial charge in [0.2, 0.25) is 0 Å². The van der Waals surface area contributed by atoms with E-state index in [0.29, 0.717) is 6.04 Å². The van der Waals surface area contributed by atoms with Crippen LogP contribution in [0.4, 0.5) is 5.69 Å². The molecule has 1 saturated carbocycles. The number of nitrogens with zero attached hydrogens (tertiary/aromatic N) is 1. The Bertz CT molecular complexity index is 365. The van der Waals surface area contributed by atoms with Crippen LogP contribution in [-0.2, 0) is 0 Å². The number of hydrogen-bond acceptors (Lipinski definition) is 2. The van der Waals surface area contributed by atoms with Crippen molar-refractivity contribution in [3.05, 3.63) is 29.8 Å². The van der Waals surface area contributed by atoms with Gasteiger partial charge in [-0.15, -0.1) is 0 Å². The molecule has 0 radical (unpaired) electrons. The summed E-state index contributed by atoms with van der Waals surface area (Å²) in [6, 6.07) is 9.57. The Morgan fingerprint density at radius 3 is 2.28 bits per heavy atom. The van der Waals surface area contributed by atoms with Gasteiger partial charge in [0.1, 0.15) is 0 Å². The first kappa shape index (κ1) is 13.4. The van der Waals surface area contributed by atoms with Crippen LogP contribution >= 0.6 is 0 Å². The molecule has 2 nitrogen and oxygen atoms in total. The van der Waals surface area contributed by atoms with Crippen molar-refractivity contribution in [2.75, 3.05) is 11.4 Å². The van der Waals surface area contributed by atoms with Crippen LogP contribution < -0.4 is 10.6 Å². The van der Waals surface area contributed by atoms with Gasteiger partial charge in [0.25, 0.3) is 0 Å². The van der Waals surface area contributed by atoms with Crippen LogP contribution in [0.1, 0.15) is 51.6 Å². The average molecular weight is 246 g/mol. The van der Waals surface area contributed by atoms with E-state index < -0.39 is 0 Å². The normalized spacial score (nSPS) is 16.9. The molecule has 2 rings (SSSR count). The molecule has 2 N–H and O–H groups in total. The molecule has 0 heterocycles. The molecule has 0 aliphatic heterocycles. The predicted octanol–water partition coefficient (Wildman–Crippen LogP) is 3.72. The quantitative estimate of drug-likeness (QED) is 0.829. The van der Waals surface area contributed by atoms with Crippen LogP contribution in [0.2, 0.25) is 0 Å². The van der Waals surface area contributed by atoms with Gasteiger partial charge in [-0.25, -0.2) is 0 Å². The monoisotopic (exact) mass is 246 g/mol. The fourth-order valence-corrected chi connectivity index (χ4v) is 2.34. The van der Waals surface area contributed by atoms with E-state index in [1.165, 1.54) is 30.6 Å². The molecule has 0 unspecified atom stereocenters. The van der Waals surface area contributed by atoms with E-state index in [-0.39, 0.29) is 6.04 Å². The Hall–Kier alpha value is -1.02. The van der Waals surface area contributed by atoms with E-state index in [0.717, 1.165) is 12.3 Å². The highest BCUT2D eigenvalue weighted by molar-refractivity contribution is 5.49. The van der Waals surface area contributed by atoms with E-state index in [1.807, 2.05) is 0 Å². The van der Waals surface area contributed by atoms with Gasteiger partial charge >= 0.3 is 0 Å². The van der Waals surface area contributed by atoms with E-state index in [1.54, 1.807) is 0 Å². The van der Waals surface area contributed by atoms with Crippen molar-refractivity contribution in [3.63, 3.8) is 0 Å². The zero-order valence-electron chi connectivity index (χ0n) is 11.9. The summed E-state index contributed by atoms with van der Waals surface area (Å²) in [5, 5.41) is 0. The van der Waals surface area contributed by atoms with Crippen LogP contribution in [0.25, 0.3) is 0 Å². The molecule has 100 valence electrons. The van der Waals surface area contributed by atoms with E-state index in [4.69, 9.17) is 5.73 Å². The van der Waals surface area contributed by atoms with Crippen LogP contribution in [0.5, 0.6) is 0 Å². The lowest BCUT2D eigenvalue weighted by Crippen LogP contribution is -2.32. The lowest BCUT2D eigenvalue weighted by atomic mass is 10.0. The van der Waals surface area contributed by atoms with Crippen LogP contribution in [0.3, 0.4) is 0 Å². The molecule has 0 bridgehead atoms. The van der Waals surface area contributed by atoms with Crippen LogP contribution in [0.15, 0.2) is 24.3 Å². The van der Waals surface area contributed by atoms with Gasteiger partial charge in [-0.1, -0.05) is 19.1 Å². The van der Waals surface area contributed by atoms with Gasteiger partial charge in [0.15, 0.2) is 0 Å². The summed E-state index contributed by atoms with van der Waals surface area (Å²) in [6.07, 6.45) is 3.80. The molecule has 1 atom stereocenters. The van der Waals surface area contributed by atoms with Crippen molar-refractivity contribution in [3.8, 4) is 0 Å². The lowest BCUT2D eigenvalue weighted by Gasteiger charge is -2.29. The van der Waals surface area contributed by atoms with Gasteiger partial charge in [0.05, 0.1) is 0 Å². The van der Waals surface area contributed by atoms with Crippen molar-refractivity contribution < 1.29 is 0 Å².